The Bertz CT molecular complexity index is 2310. The molecular weight excluding hydrogens is 567 g/mol. The van der Waals surface area contributed by atoms with E-state index < -0.39 is 0 Å². The van der Waals surface area contributed by atoms with Crippen LogP contribution in [0.1, 0.15) is 0 Å². The van der Waals surface area contributed by atoms with E-state index in [-0.39, 0.29) is 6.71 Å². The minimum atomic E-state index is 0.103. The first-order valence-corrected chi connectivity index (χ1v) is 16.2. The third-order valence-corrected chi connectivity index (χ3v) is 9.43. The van der Waals surface area contributed by atoms with Crippen LogP contribution in [0.2, 0.25) is 0 Å². The smallest absolute Gasteiger partial charge is 0.241 e. The molecule has 1 aliphatic heterocycles. The van der Waals surface area contributed by atoms with Crippen molar-refractivity contribution >= 4 is 51.1 Å². The van der Waals surface area contributed by atoms with E-state index >= 15 is 0 Å². The number of aromatic nitrogens is 1. The number of rotatable bonds is 5. The van der Waals surface area contributed by atoms with Crippen LogP contribution >= 0.6 is 0 Å². The maximum Gasteiger partial charge on any atom is 0.241 e. The fraction of sp³-hybridized carbons (Fsp3) is 0. The lowest BCUT2D eigenvalue weighted by molar-refractivity contribution is 1.13. The van der Waals surface area contributed by atoms with Crippen molar-refractivity contribution < 1.29 is 0 Å². The summed E-state index contributed by atoms with van der Waals surface area (Å²) < 4.78 is 2.47. The van der Waals surface area contributed by atoms with Gasteiger partial charge in [0.25, 0.3) is 0 Å². The van der Waals surface area contributed by atoms with Crippen molar-refractivity contribution in [3.05, 3.63) is 188 Å². The Morgan fingerprint density at radius 1 is 0.383 bits per heavy atom. The molecule has 47 heavy (non-hydrogen) atoms. The Labute approximate surface area is 275 Å². The van der Waals surface area contributed by atoms with Gasteiger partial charge in [-0.05, 0) is 42.5 Å². The molecule has 0 N–H and O–H groups in total. The van der Waals surface area contributed by atoms with E-state index in [4.69, 9.17) is 0 Å². The Balaban J connectivity index is 1.41. The molecule has 7 aromatic carbocycles. The molecule has 0 atom stereocenters. The van der Waals surface area contributed by atoms with Crippen LogP contribution in [-0.4, -0.2) is 11.3 Å². The van der Waals surface area contributed by atoms with E-state index in [9.17, 15) is 0 Å². The van der Waals surface area contributed by atoms with Gasteiger partial charge < -0.3 is 9.47 Å². The van der Waals surface area contributed by atoms with Crippen molar-refractivity contribution in [2.75, 3.05) is 4.90 Å². The highest BCUT2D eigenvalue weighted by Gasteiger charge is 2.32. The van der Waals surface area contributed by atoms with Gasteiger partial charge >= 0.3 is 0 Å². The number of hydrogen-bond acceptors (Lipinski definition) is 1. The summed E-state index contributed by atoms with van der Waals surface area (Å²) >= 11 is 0. The van der Waals surface area contributed by atoms with Gasteiger partial charge in [0.05, 0.1) is 22.6 Å². The Hall–Kier alpha value is -6.06. The average Bonchev–Trinajstić information content (AvgIpc) is 3.42. The minimum Gasteiger partial charge on any atom is -0.309 e. The van der Waals surface area contributed by atoms with Gasteiger partial charge in [-0.25, -0.2) is 0 Å². The fourth-order valence-corrected chi connectivity index (χ4v) is 7.46. The van der Waals surface area contributed by atoms with Gasteiger partial charge in [-0.2, -0.15) is 0 Å². The van der Waals surface area contributed by atoms with E-state index in [1.807, 2.05) is 0 Å². The van der Waals surface area contributed by atoms with Crippen LogP contribution in [0.15, 0.2) is 188 Å². The van der Waals surface area contributed by atoms with Crippen LogP contribution in [0.5, 0.6) is 0 Å². The van der Waals surface area contributed by atoms with Crippen LogP contribution in [0.3, 0.4) is 0 Å². The molecule has 0 bridgehead atoms. The lowest BCUT2D eigenvalue weighted by Crippen LogP contribution is -2.51. The normalized spacial score (nSPS) is 11.8. The maximum atomic E-state index is 2.47. The van der Waals surface area contributed by atoms with Crippen molar-refractivity contribution in [2.45, 2.75) is 0 Å². The summed E-state index contributed by atoms with van der Waals surface area (Å²) in [6.07, 6.45) is 0. The predicted molar refractivity (Wildman–Crippen MR) is 200 cm³/mol. The van der Waals surface area contributed by atoms with Crippen molar-refractivity contribution in [1.82, 2.24) is 4.57 Å². The first-order valence-electron chi connectivity index (χ1n) is 16.2. The van der Waals surface area contributed by atoms with Gasteiger partial charge in [0, 0.05) is 33.5 Å². The fourth-order valence-electron chi connectivity index (χ4n) is 7.46. The molecule has 0 saturated heterocycles. The molecule has 0 spiro atoms. The number of hydrogen-bond donors (Lipinski definition) is 0. The second-order valence-corrected chi connectivity index (χ2v) is 12.1. The summed E-state index contributed by atoms with van der Waals surface area (Å²) in [6.45, 7) is 0.103. The van der Waals surface area contributed by atoms with Gasteiger partial charge in [0.15, 0.2) is 0 Å². The highest BCUT2D eigenvalue weighted by atomic mass is 15.2. The summed E-state index contributed by atoms with van der Waals surface area (Å²) in [4.78, 5) is 2.42. The molecule has 1 aromatic heterocycles. The van der Waals surface area contributed by atoms with Crippen LogP contribution in [0, 0.1) is 0 Å². The second kappa shape index (κ2) is 11.4. The van der Waals surface area contributed by atoms with Gasteiger partial charge in [0.2, 0.25) is 6.71 Å². The van der Waals surface area contributed by atoms with Crippen molar-refractivity contribution in [3.8, 4) is 28.1 Å². The van der Waals surface area contributed by atoms with E-state index in [1.165, 1.54) is 55.4 Å². The molecule has 3 heteroatoms. The molecule has 0 aliphatic carbocycles. The molecule has 1 aliphatic rings. The van der Waals surface area contributed by atoms with Crippen molar-refractivity contribution in [1.29, 1.82) is 0 Å². The SMILES string of the molecule is c1ccc(B(c2ccccc2)c2ccc3c(c2)c2c(n3-c3ccccc3)-c3ccccc3N(c3ccccc3)c3ccccc3-2)cc1. The monoisotopic (exact) mass is 598 g/mol. The summed E-state index contributed by atoms with van der Waals surface area (Å²) in [5.41, 5.74) is 14.6. The summed E-state index contributed by atoms with van der Waals surface area (Å²) in [5.74, 6) is 0. The molecule has 220 valence electrons. The van der Waals surface area contributed by atoms with Gasteiger partial charge in [-0.15, -0.1) is 0 Å². The molecule has 2 heterocycles. The number of para-hydroxylation sites is 4. The van der Waals surface area contributed by atoms with Crippen molar-refractivity contribution in [2.24, 2.45) is 0 Å². The van der Waals surface area contributed by atoms with Crippen molar-refractivity contribution in [3.63, 3.8) is 0 Å². The standard InChI is InChI=1S/C44H31BN2/c1-5-17-32(18-6-1)45(33-19-7-2-8-20-33)34-29-30-42-39(31-34)43-37-25-13-15-27-40(37)46(35-21-9-3-10-22-35)41-28-16-14-26-38(41)44(43)47(42)36-23-11-4-12-24-36/h1-31H. The van der Waals surface area contributed by atoms with Crippen LogP contribution in [0.25, 0.3) is 39.0 Å². The molecule has 2 nitrogen and oxygen atoms in total. The van der Waals surface area contributed by atoms with E-state index in [1.54, 1.807) is 0 Å². The average molecular weight is 599 g/mol. The van der Waals surface area contributed by atoms with E-state index in [0.29, 0.717) is 0 Å². The summed E-state index contributed by atoms with van der Waals surface area (Å²) in [7, 11) is 0. The van der Waals surface area contributed by atoms with E-state index in [0.717, 1.165) is 17.1 Å². The van der Waals surface area contributed by atoms with Gasteiger partial charge in [-0.3, -0.25) is 0 Å². The largest absolute Gasteiger partial charge is 0.309 e. The first-order chi connectivity index (χ1) is 23.4. The zero-order valence-electron chi connectivity index (χ0n) is 25.9. The molecule has 0 saturated carbocycles. The Morgan fingerprint density at radius 3 is 1.49 bits per heavy atom. The topological polar surface area (TPSA) is 8.17 Å². The summed E-state index contributed by atoms with van der Waals surface area (Å²) in [5, 5.41) is 1.25. The maximum absolute atomic E-state index is 2.47. The zero-order valence-corrected chi connectivity index (χ0v) is 25.9. The molecule has 0 unspecified atom stereocenters. The quantitative estimate of drug-likeness (QED) is 0.179. The molecular formula is C44H31BN2. The Kier molecular flexibility index (Phi) is 6.61. The lowest BCUT2D eigenvalue weighted by Gasteiger charge is -2.27. The number of anilines is 3. The Morgan fingerprint density at radius 2 is 0.872 bits per heavy atom. The minimum absolute atomic E-state index is 0.103. The third kappa shape index (κ3) is 4.51. The molecule has 9 rings (SSSR count). The van der Waals surface area contributed by atoms with Crippen LogP contribution in [-0.2, 0) is 0 Å². The second-order valence-electron chi connectivity index (χ2n) is 12.1. The highest BCUT2D eigenvalue weighted by Crippen LogP contribution is 2.54. The number of nitrogens with zero attached hydrogens (tertiary/aromatic N) is 2. The molecule has 0 radical (unpaired) electrons. The number of benzene rings is 7. The number of fused-ring (bicyclic) bond motifs is 7. The predicted octanol–water partition coefficient (Wildman–Crippen LogP) is 9.26. The lowest BCUT2D eigenvalue weighted by atomic mass is 9.37. The highest BCUT2D eigenvalue weighted by molar-refractivity contribution is 6.95. The summed E-state index contributed by atoms with van der Waals surface area (Å²) in [6, 6.07) is 68.2. The van der Waals surface area contributed by atoms with Crippen LogP contribution in [0.4, 0.5) is 17.1 Å². The molecule has 0 amide bonds. The van der Waals surface area contributed by atoms with Crippen LogP contribution < -0.4 is 21.3 Å². The molecule has 0 fully saturated rings. The van der Waals surface area contributed by atoms with Gasteiger partial charge in [0.1, 0.15) is 0 Å². The third-order valence-electron chi connectivity index (χ3n) is 9.43. The van der Waals surface area contributed by atoms with Gasteiger partial charge in [-0.1, -0.05) is 162 Å². The first kappa shape index (κ1) is 27.3. The zero-order chi connectivity index (χ0) is 31.2. The van der Waals surface area contributed by atoms with E-state index in [2.05, 4.69) is 198 Å². The molecule has 8 aromatic rings.